The SMILES string of the molecule is C[C](C)=[Zr]([O]c1ccc(C(F)(F)F)cc1)([O]c1ccc(C(F)(F)F)cc1)([CH]1C=Cc2ccccc21)[CH]1C=Cc2ccccc21. The van der Waals surface area contributed by atoms with Crippen LogP contribution in [-0.2, 0) is 31.5 Å². The van der Waals surface area contributed by atoms with Crippen molar-refractivity contribution in [2.75, 3.05) is 0 Å². The zero-order valence-electron chi connectivity index (χ0n) is 23.8. The second kappa shape index (κ2) is 10.7. The van der Waals surface area contributed by atoms with Gasteiger partial charge in [0.05, 0.1) is 0 Å². The van der Waals surface area contributed by atoms with Crippen molar-refractivity contribution in [2.45, 2.75) is 33.5 Å². The number of halogens is 6. The van der Waals surface area contributed by atoms with Crippen LogP contribution in [0.3, 0.4) is 0 Å². The molecule has 2 nitrogen and oxygen atoms in total. The van der Waals surface area contributed by atoms with Crippen LogP contribution >= 0.6 is 0 Å². The van der Waals surface area contributed by atoms with Crippen molar-refractivity contribution in [3.8, 4) is 11.5 Å². The van der Waals surface area contributed by atoms with Crippen LogP contribution in [0.2, 0.25) is 0 Å². The van der Waals surface area contributed by atoms with Crippen molar-refractivity contribution in [1.29, 1.82) is 0 Å². The minimum absolute atomic E-state index is 0.187. The first-order valence-corrected chi connectivity index (χ1v) is 20.1. The molecule has 0 aliphatic heterocycles. The Morgan fingerprint density at radius 1 is 0.545 bits per heavy atom. The molecule has 2 aliphatic carbocycles. The number of hydrogen-bond donors (Lipinski definition) is 0. The summed E-state index contributed by atoms with van der Waals surface area (Å²) in [5.74, 6) is 0.375. The fraction of sp³-hybridized carbons (Fsp3) is 0.171. The molecular weight excluding hydrogens is 658 g/mol. The first-order valence-electron chi connectivity index (χ1n) is 14.1. The summed E-state index contributed by atoms with van der Waals surface area (Å²) in [5.41, 5.74) is 2.10. The molecule has 0 N–H and O–H groups in total. The predicted octanol–water partition coefficient (Wildman–Crippen LogP) is 10.4. The molecule has 0 bridgehead atoms. The van der Waals surface area contributed by atoms with Gasteiger partial charge in [-0.2, -0.15) is 0 Å². The molecule has 0 radical (unpaired) electrons. The van der Waals surface area contributed by atoms with E-state index in [4.69, 9.17) is 5.63 Å². The number of allylic oxidation sites excluding steroid dienone is 2. The van der Waals surface area contributed by atoms with Crippen LogP contribution in [0.25, 0.3) is 12.2 Å². The molecule has 0 heterocycles. The average Bonchev–Trinajstić information content (AvgIpc) is 3.62. The van der Waals surface area contributed by atoms with E-state index >= 15 is 0 Å². The Morgan fingerprint density at radius 3 is 1.25 bits per heavy atom. The Kier molecular flexibility index (Phi) is 7.39. The van der Waals surface area contributed by atoms with E-state index in [1.54, 1.807) is 0 Å². The van der Waals surface area contributed by atoms with E-state index in [2.05, 4.69) is 0 Å². The van der Waals surface area contributed by atoms with Gasteiger partial charge in [0, 0.05) is 0 Å². The van der Waals surface area contributed by atoms with Crippen LogP contribution in [0.1, 0.15) is 54.5 Å². The zero-order chi connectivity index (χ0) is 31.4. The normalized spacial score (nSPS) is 17.8. The van der Waals surface area contributed by atoms with Crippen molar-refractivity contribution in [1.82, 2.24) is 0 Å². The van der Waals surface area contributed by atoms with E-state index in [1.165, 1.54) is 24.3 Å². The predicted molar refractivity (Wildman–Crippen MR) is 157 cm³/mol. The molecule has 0 saturated heterocycles. The Morgan fingerprint density at radius 2 is 0.909 bits per heavy atom. The summed E-state index contributed by atoms with van der Waals surface area (Å²) in [4.78, 5) is 0. The molecule has 0 aromatic heterocycles. The maximum atomic E-state index is 13.5. The van der Waals surface area contributed by atoms with E-state index < -0.39 is 49.9 Å². The summed E-state index contributed by atoms with van der Waals surface area (Å²) in [7, 11) is 0. The van der Waals surface area contributed by atoms with Gasteiger partial charge in [0.25, 0.3) is 0 Å². The van der Waals surface area contributed by atoms with Gasteiger partial charge in [0.15, 0.2) is 0 Å². The molecule has 4 aromatic rings. The van der Waals surface area contributed by atoms with Crippen molar-refractivity contribution >= 4 is 15.4 Å². The third-order valence-electron chi connectivity index (χ3n) is 8.78. The Balaban J connectivity index is 1.67. The third kappa shape index (κ3) is 4.90. The van der Waals surface area contributed by atoms with E-state index in [0.717, 1.165) is 49.7 Å². The van der Waals surface area contributed by atoms with Crippen LogP contribution in [0.5, 0.6) is 11.5 Å². The van der Waals surface area contributed by atoms with Crippen LogP contribution in [-0.4, -0.2) is 3.21 Å². The molecule has 0 amide bonds. The molecule has 2 unspecified atom stereocenters. The molecule has 44 heavy (non-hydrogen) atoms. The summed E-state index contributed by atoms with van der Waals surface area (Å²) >= 11 is -5.90. The van der Waals surface area contributed by atoms with Gasteiger partial charge in [0.1, 0.15) is 0 Å². The molecule has 0 spiro atoms. The van der Waals surface area contributed by atoms with Gasteiger partial charge < -0.3 is 0 Å². The van der Waals surface area contributed by atoms with Crippen LogP contribution in [0, 0.1) is 0 Å². The second-order valence-corrected chi connectivity index (χ2v) is 23.9. The summed E-state index contributed by atoms with van der Waals surface area (Å²) < 4.78 is 95.6. The summed E-state index contributed by atoms with van der Waals surface area (Å²) in [5, 5.41) is 0. The van der Waals surface area contributed by atoms with Crippen LogP contribution in [0.4, 0.5) is 26.3 Å². The minimum atomic E-state index is -5.90. The monoisotopic (exact) mass is 684 g/mol. The zero-order valence-corrected chi connectivity index (χ0v) is 26.2. The molecule has 4 aromatic carbocycles. The van der Waals surface area contributed by atoms with E-state index in [1.807, 2.05) is 86.7 Å². The topological polar surface area (TPSA) is 18.5 Å². The van der Waals surface area contributed by atoms with E-state index in [-0.39, 0.29) is 11.5 Å². The van der Waals surface area contributed by atoms with Crippen molar-refractivity contribution in [3.63, 3.8) is 0 Å². The fourth-order valence-corrected chi connectivity index (χ4v) is 22.5. The molecule has 0 saturated carbocycles. The molecule has 6 rings (SSSR count). The molecular formula is C35H28F6O2Zr. The number of alkyl halides is 6. The number of hydrogen-bond acceptors (Lipinski definition) is 2. The van der Waals surface area contributed by atoms with Crippen molar-refractivity contribution in [2.24, 2.45) is 0 Å². The molecule has 2 aliphatic rings. The van der Waals surface area contributed by atoms with Crippen molar-refractivity contribution in [3.05, 3.63) is 143 Å². The third-order valence-corrected chi connectivity index (χ3v) is 25.1. The van der Waals surface area contributed by atoms with Gasteiger partial charge in [-0.1, -0.05) is 0 Å². The molecule has 226 valence electrons. The molecule has 2 atom stereocenters. The van der Waals surface area contributed by atoms with Crippen LogP contribution < -0.4 is 5.63 Å². The Bertz CT molecular complexity index is 1710. The van der Waals surface area contributed by atoms with Crippen molar-refractivity contribution < 1.29 is 51.1 Å². The van der Waals surface area contributed by atoms with Gasteiger partial charge in [-0.3, -0.25) is 0 Å². The van der Waals surface area contributed by atoms with Gasteiger partial charge in [-0.15, -0.1) is 0 Å². The maximum absolute atomic E-state index is 13.5. The van der Waals surface area contributed by atoms with Gasteiger partial charge in [0.2, 0.25) is 0 Å². The van der Waals surface area contributed by atoms with E-state index in [0.29, 0.717) is 0 Å². The second-order valence-electron chi connectivity index (χ2n) is 11.4. The van der Waals surface area contributed by atoms with Gasteiger partial charge in [-0.05, 0) is 0 Å². The fourth-order valence-electron chi connectivity index (χ4n) is 6.66. The number of benzene rings is 4. The Labute approximate surface area is 253 Å². The molecule has 0 fully saturated rings. The van der Waals surface area contributed by atoms with Gasteiger partial charge >= 0.3 is 254 Å². The summed E-state index contributed by atoms with van der Waals surface area (Å²) in [6.45, 7) is 3.81. The van der Waals surface area contributed by atoms with E-state index in [9.17, 15) is 26.3 Å². The van der Waals surface area contributed by atoms with Crippen LogP contribution in [0.15, 0.2) is 109 Å². The summed E-state index contributed by atoms with van der Waals surface area (Å²) in [6, 6.07) is 24.6. The Hall–Kier alpha value is -3.71. The first kappa shape index (κ1) is 30.3. The van der Waals surface area contributed by atoms with Gasteiger partial charge in [-0.25, -0.2) is 0 Å². The standard InChI is InChI=1S/2C9H7.2C7H5F3O.C3H6.Zr/c2*1-2-5-9-7-3-6-8(9)4-1;2*8-7(9,10)5-1-3-6(11)4-2-5;1-3-2;/h2*1-7H;2*1-4,11H;1-2H3;/q;;;;;+2/p-2. The average molecular weight is 686 g/mol. The molecule has 9 heteroatoms. The number of fused-ring (bicyclic) bond motifs is 2. The summed E-state index contributed by atoms with van der Waals surface area (Å²) in [6.07, 6.45) is -1.08. The quantitative estimate of drug-likeness (QED) is 0.188. The first-order chi connectivity index (χ1) is 20.8. The number of rotatable bonds is 6.